The number of aromatic nitrogens is 1. The summed E-state index contributed by atoms with van der Waals surface area (Å²) in [5.74, 6) is 1.53. The van der Waals surface area contributed by atoms with Gasteiger partial charge < -0.3 is 14.8 Å². The van der Waals surface area contributed by atoms with Crippen LogP contribution in [-0.4, -0.2) is 15.9 Å². The summed E-state index contributed by atoms with van der Waals surface area (Å²) >= 11 is 0. The number of pyridine rings is 1. The first-order valence-corrected chi connectivity index (χ1v) is 8.91. The molecule has 0 aliphatic carbocycles. The molecule has 0 aliphatic heterocycles. The standard InChI is InChI=1S/C19H16NO.C5H8O2.Pt/c1-14-8-9-18(15(2)12-14)19-13-17(10-11-20-19)21-16-6-4-3-5-7-16;1-4(6)3-5(2)7;/h3-8,10-13H,1-2H3;3,6H,1-2H3;/q-1;;/b;4-3-;. The quantitative estimate of drug-likeness (QED) is 0.238. The molecule has 0 spiro atoms. The van der Waals surface area contributed by atoms with Crippen molar-refractivity contribution in [2.24, 2.45) is 0 Å². The molecule has 1 N–H and O–H groups in total. The van der Waals surface area contributed by atoms with Crippen LogP contribution in [0.2, 0.25) is 0 Å². The van der Waals surface area contributed by atoms with Crippen LogP contribution in [0.1, 0.15) is 25.0 Å². The number of aliphatic hydroxyl groups excluding tert-OH is 1. The largest absolute Gasteiger partial charge is 0.512 e. The number of para-hydroxylation sites is 1. The first-order chi connectivity index (χ1) is 13.3. The normalized spacial score (nSPS) is 10.3. The van der Waals surface area contributed by atoms with Gasteiger partial charge in [-0.15, -0.1) is 34.9 Å². The Hall–Kier alpha value is -2.71. The van der Waals surface area contributed by atoms with Gasteiger partial charge in [0, 0.05) is 33.3 Å². The summed E-state index contributed by atoms with van der Waals surface area (Å²) in [4.78, 5) is 14.4. The fourth-order valence-corrected chi connectivity index (χ4v) is 2.56. The van der Waals surface area contributed by atoms with Crippen LogP contribution in [0.3, 0.4) is 0 Å². The summed E-state index contributed by atoms with van der Waals surface area (Å²) in [7, 11) is 0. The average Bonchev–Trinajstić information content (AvgIpc) is 2.62. The second-order valence-electron chi connectivity index (χ2n) is 6.42. The molecule has 29 heavy (non-hydrogen) atoms. The third-order valence-electron chi connectivity index (χ3n) is 3.66. The Morgan fingerprint density at radius 2 is 1.76 bits per heavy atom. The van der Waals surface area contributed by atoms with Crippen LogP contribution >= 0.6 is 0 Å². The Balaban J connectivity index is 0.000000456. The zero-order chi connectivity index (χ0) is 20.5. The van der Waals surface area contributed by atoms with Gasteiger partial charge in [0.1, 0.15) is 11.5 Å². The summed E-state index contributed by atoms with van der Waals surface area (Å²) in [6.07, 6.45) is 2.93. The van der Waals surface area contributed by atoms with Crippen molar-refractivity contribution in [3.05, 3.63) is 89.8 Å². The molecule has 154 valence electrons. The van der Waals surface area contributed by atoms with Crippen molar-refractivity contribution in [2.45, 2.75) is 27.7 Å². The Morgan fingerprint density at radius 3 is 2.31 bits per heavy atom. The van der Waals surface area contributed by atoms with Gasteiger partial charge in [-0.2, -0.15) is 0 Å². The molecular formula is C24H24NO3Pt-. The number of hydrogen-bond acceptors (Lipinski definition) is 4. The first kappa shape index (κ1) is 24.3. The van der Waals surface area contributed by atoms with Gasteiger partial charge in [0.15, 0.2) is 5.78 Å². The first-order valence-electron chi connectivity index (χ1n) is 8.91. The van der Waals surface area contributed by atoms with Crippen molar-refractivity contribution in [1.82, 2.24) is 4.98 Å². The van der Waals surface area contributed by atoms with Crippen molar-refractivity contribution in [3.8, 4) is 22.8 Å². The van der Waals surface area contributed by atoms with Gasteiger partial charge in [0.2, 0.25) is 0 Å². The van der Waals surface area contributed by atoms with Crippen molar-refractivity contribution in [3.63, 3.8) is 0 Å². The molecule has 3 rings (SSSR count). The predicted molar refractivity (Wildman–Crippen MR) is 112 cm³/mol. The van der Waals surface area contributed by atoms with Crippen molar-refractivity contribution in [2.75, 3.05) is 0 Å². The average molecular weight is 570 g/mol. The number of aryl methyl sites for hydroxylation is 2. The summed E-state index contributed by atoms with van der Waals surface area (Å²) < 4.78 is 5.85. The van der Waals surface area contributed by atoms with Gasteiger partial charge in [-0.3, -0.25) is 4.79 Å². The number of benzene rings is 2. The van der Waals surface area contributed by atoms with E-state index in [9.17, 15) is 4.79 Å². The van der Waals surface area contributed by atoms with Crippen LogP contribution in [0.15, 0.2) is 72.6 Å². The second-order valence-corrected chi connectivity index (χ2v) is 6.42. The maximum Gasteiger partial charge on any atom is 0.155 e. The summed E-state index contributed by atoms with van der Waals surface area (Å²) in [5.41, 5.74) is 4.26. The topological polar surface area (TPSA) is 59.4 Å². The number of ketones is 1. The third kappa shape index (κ3) is 8.45. The molecule has 0 amide bonds. The Labute approximate surface area is 186 Å². The van der Waals surface area contributed by atoms with E-state index in [1.54, 1.807) is 6.20 Å². The second kappa shape index (κ2) is 12.0. The van der Waals surface area contributed by atoms with E-state index in [2.05, 4.69) is 31.0 Å². The molecular weight excluding hydrogens is 545 g/mol. The number of carbonyl (C=O) groups is 1. The van der Waals surface area contributed by atoms with Crippen LogP contribution in [-0.2, 0) is 25.9 Å². The molecule has 0 fully saturated rings. The smallest absolute Gasteiger partial charge is 0.155 e. The van der Waals surface area contributed by atoms with Gasteiger partial charge >= 0.3 is 0 Å². The monoisotopic (exact) mass is 569 g/mol. The zero-order valence-corrected chi connectivity index (χ0v) is 19.2. The molecule has 0 saturated heterocycles. The Morgan fingerprint density at radius 1 is 1.07 bits per heavy atom. The third-order valence-corrected chi connectivity index (χ3v) is 3.66. The van der Waals surface area contributed by atoms with Crippen LogP contribution in [0.5, 0.6) is 11.5 Å². The van der Waals surface area contributed by atoms with Crippen molar-refractivity contribution >= 4 is 5.78 Å². The minimum absolute atomic E-state index is 0. The number of hydrogen-bond donors (Lipinski definition) is 1. The molecule has 1 heterocycles. The van der Waals surface area contributed by atoms with Gasteiger partial charge in [0.25, 0.3) is 0 Å². The van der Waals surface area contributed by atoms with E-state index in [-0.39, 0.29) is 32.6 Å². The molecule has 0 radical (unpaired) electrons. The summed E-state index contributed by atoms with van der Waals surface area (Å²) in [5, 5.41) is 8.36. The number of allylic oxidation sites excluding steroid dienone is 2. The van der Waals surface area contributed by atoms with E-state index < -0.39 is 0 Å². The van der Waals surface area contributed by atoms with Crippen LogP contribution in [0.4, 0.5) is 0 Å². The minimum Gasteiger partial charge on any atom is -0.512 e. The van der Waals surface area contributed by atoms with Gasteiger partial charge in [0.05, 0.1) is 5.76 Å². The molecule has 0 atom stereocenters. The molecule has 3 aromatic rings. The predicted octanol–water partition coefficient (Wildman–Crippen LogP) is 5.99. The number of aliphatic hydroxyl groups is 1. The molecule has 0 saturated carbocycles. The minimum atomic E-state index is -0.125. The van der Waals surface area contributed by atoms with Gasteiger partial charge in [-0.05, 0) is 43.8 Å². The van der Waals surface area contributed by atoms with Crippen LogP contribution in [0, 0.1) is 19.9 Å². The fourth-order valence-electron chi connectivity index (χ4n) is 2.56. The summed E-state index contributed by atoms with van der Waals surface area (Å²) in [6.45, 7) is 6.99. The molecule has 2 aromatic carbocycles. The van der Waals surface area contributed by atoms with E-state index in [1.807, 2.05) is 48.5 Å². The molecule has 0 aliphatic rings. The zero-order valence-electron chi connectivity index (χ0n) is 16.9. The van der Waals surface area contributed by atoms with E-state index in [0.29, 0.717) is 0 Å². The number of ether oxygens (including phenoxy) is 1. The summed E-state index contributed by atoms with van der Waals surface area (Å²) in [6, 6.07) is 21.0. The molecule has 0 bridgehead atoms. The number of carbonyl (C=O) groups excluding carboxylic acids is 1. The molecule has 1 aromatic heterocycles. The van der Waals surface area contributed by atoms with Crippen LogP contribution in [0.25, 0.3) is 11.3 Å². The van der Waals surface area contributed by atoms with Crippen LogP contribution < -0.4 is 4.74 Å². The maximum atomic E-state index is 10.0. The van der Waals surface area contributed by atoms with E-state index >= 15 is 0 Å². The van der Waals surface area contributed by atoms with Crippen molar-refractivity contribution in [1.29, 1.82) is 0 Å². The number of rotatable bonds is 4. The maximum absolute atomic E-state index is 10.0. The molecule has 0 unspecified atom stereocenters. The van der Waals surface area contributed by atoms with Gasteiger partial charge in [-0.1, -0.05) is 32.0 Å². The Bertz CT molecular complexity index is 965. The van der Waals surface area contributed by atoms with Crippen molar-refractivity contribution < 1.29 is 35.7 Å². The van der Waals surface area contributed by atoms with E-state index in [0.717, 1.165) is 22.8 Å². The molecule has 4 nitrogen and oxygen atoms in total. The fraction of sp³-hybridized carbons (Fsp3) is 0.167. The Kier molecular flexibility index (Phi) is 10.0. The molecule has 5 heteroatoms. The van der Waals surface area contributed by atoms with E-state index in [4.69, 9.17) is 9.84 Å². The van der Waals surface area contributed by atoms with Gasteiger partial charge in [-0.25, -0.2) is 0 Å². The van der Waals surface area contributed by atoms with E-state index in [1.165, 1.54) is 31.1 Å². The number of nitrogens with zero attached hydrogens (tertiary/aromatic N) is 1. The SMILES string of the molecule is CC(=O)/C=C(/C)O.Cc1c[c-]c(-c2cc(Oc3ccccc3)ccn2)c(C)c1.[Pt].